The Labute approximate surface area is 116 Å². The number of halogens is 2. The van der Waals surface area contributed by atoms with E-state index in [1.165, 1.54) is 6.07 Å². The summed E-state index contributed by atoms with van der Waals surface area (Å²) in [5.41, 5.74) is 2.89. The van der Waals surface area contributed by atoms with Crippen LogP contribution in [0.1, 0.15) is 28.5 Å². The topological polar surface area (TPSA) is 33.1 Å². The number of hydrogen-bond donors (Lipinski definition) is 1. The first-order valence-electron chi connectivity index (χ1n) is 6.03. The second kappa shape index (κ2) is 5.68. The first kappa shape index (κ1) is 14.0. The van der Waals surface area contributed by atoms with Gasteiger partial charge in [0.1, 0.15) is 11.9 Å². The maximum atomic E-state index is 13.8. The first-order valence-corrected chi connectivity index (χ1v) is 6.41. The molecule has 0 aliphatic heterocycles. The van der Waals surface area contributed by atoms with Crippen LogP contribution in [0, 0.1) is 19.7 Å². The van der Waals surface area contributed by atoms with Gasteiger partial charge in [-0.1, -0.05) is 29.8 Å². The summed E-state index contributed by atoms with van der Waals surface area (Å²) in [7, 11) is 0. The van der Waals surface area contributed by atoms with Crippen molar-refractivity contribution in [2.45, 2.75) is 26.4 Å². The number of aliphatic hydroxyl groups excluding tert-OH is 1. The number of rotatable bonds is 3. The minimum atomic E-state index is -0.839. The highest BCUT2D eigenvalue weighted by Crippen LogP contribution is 2.24. The Morgan fingerprint density at radius 2 is 2.11 bits per heavy atom. The standard InChI is InChI=1S/C15H15ClFNO/c1-9-6-10(2)15(18-8-9)13(19)7-11-4-3-5-12(16)14(11)17/h3-6,8,13,19H,7H2,1-2H3. The number of hydrogen-bond acceptors (Lipinski definition) is 2. The van der Waals surface area contributed by atoms with E-state index in [-0.39, 0.29) is 11.4 Å². The van der Waals surface area contributed by atoms with E-state index < -0.39 is 11.9 Å². The number of aromatic nitrogens is 1. The Bertz CT molecular complexity index is 601. The lowest BCUT2D eigenvalue weighted by molar-refractivity contribution is 0.171. The van der Waals surface area contributed by atoms with Gasteiger partial charge in [0.05, 0.1) is 10.7 Å². The lowest BCUT2D eigenvalue weighted by atomic mass is 10.0. The molecule has 0 saturated carbocycles. The summed E-state index contributed by atoms with van der Waals surface area (Å²) in [6, 6.07) is 6.72. The predicted octanol–water partition coefficient (Wildman–Crippen LogP) is 3.77. The summed E-state index contributed by atoms with van der Waals surface area (Å²) in [4.78, 5) is 4.22. The van der Waals surface area contributed by atoms with Crippen LogP contribution in [0.15, 0.2) is 30.5 Å². The third-order valence-electron chi connectivity index (χ3n) is 3.02. The van der Waals surface area contributed by atoms with Crippen molar-refractivity contribution in [3.63, 3.8) is 0 Å². The SMILES string of the molecule is Cc1cnc(C(O)Cc2cccc(Cl)c2F)c(C)c1. The van der Waals surface area contributed by atoms with E-state index in [1.54, 1.807) is 18.3 Å². The highest BCUT2D eigenvalue weighted by molar-refractivity contribution is 6.30. The van der Waals surface area contributed by atoms with Gasteiger partial charge < -0.3 is 5.11 Å². The molecular weight excluding hydrogens is 265 g/mol. The molecule has 0 aliphatic rings. The summed E-state index contributed by atoms with van der Waals surface area (Å²) in [5.74, 6) is -0.479. The van der Waals surface area contributed by atoms with Crippen molar-refractivity contribution in [2.75, 3.05) is 0 Å². The summed E-state index contributed by atoms with van der Waals surface area (Å²) >= 11 is 5.72. The molecule has 1 atom stereocenters. The van der Waals surface area contributed by atoms with Gasteiger partial charge in [-0.15, -0.1) is 0 Å². The Morgan fingerprint density at radius 1 is 1.37 bits per heavy atom. The molecule has 0 aliphatic carbocycles. The second-order valence-corrected chi connectivity index (χ2v) is 5.05. The van der Waals surface area contributed by atoms with Gasteiger partial charge in [0, 0.05) is 12.6 Å². The van der Waals surface area contributed by atoms with Crippen LogP contribution in [0.4, 0.5) is 4.39 Å². The molecule has 0 amide bonds. The highest BCUT2D eigenvalue weighted by Gasteiger charge is 2.16. The zero-order chi connectivity index (χ0) is 14.0. The largest absolute Gasteiger partial charge is 0.386 e. The van der Waals surface area contributed by atoms with Gasteiger partial charge in [-0.25, -0.2) is 4.39 Å². The van der Waals surface area contributed by atoms with E-state index in [0.29, 0.717) is 11.3 Å². The molecule has 0 spiro atoms. The molecule has 2 aromatic rings. The molecule has 1 unspecified atom stereocenters. The van der Waals surface area contributed by atoms with Gasteiger partial charge >= 0.3 is 0 Å². The van der Waals surface area contributed by atoms with E-state index >= 15 is 0 Å². The molecule has 1 N–H and O–H groups in total. The Kier molecular flexibility index (Phi) is 4.17. The van der Waals surface area contributed by atoms with Gasteiger partial charge in [0.15, 0.2) is 0 Å². The van der Waals surface area contributed by atoms with Gasteiger partial charge in [0.2, 0.25) is 0 Å². The molecule has 100 valence electrons. The lowest BCUT2D eigenvalue weighted by Gasteiger charge is -2.14. The zero-order valence-electron chi connectivity index (χ0n) is 10.8. The normalized spacial score (nSPS) is 12.5. The number of benzene rings is 1. The first-order chi connectivity index (χ1) is 8.99. The van der Waals surface area contributed by atoms with Crippen LogP contribution in [0.5, 0.6) is 0 Å². The van der Waals surface area contributed by atoms with Crippen molar-refractivity contribution in [3.05, 3.63) is 63.7 Å². The Morgan fingerprint density at radius 3 is 2.79 bits per heavy atom. The van der Waals surface area contributed by atoms with Gasteiger partial charge in [-0.05, 0) is 36.6 Å². The van der Waals surface area contributed by atoms with Crippen molar-refractivity contribution in [3.8, 4) is 0 Å². The lowest BCUT2D eigenvalue weighted by Crippen LogP contribution is -2.08. The summed E-state index contributed by atoms with van der Waals surface area (Å²) < 4.78 is 13.8. The average Bonchev–Trinajstić information content (AvgIpc) is 2.34. The van der Waals surface area contributed by atoms with E-state index in [2.05, 4.69) is 4.98 Å². The van der Waals surface area contributed by atoms with E-state index in [4.69, 9.17) is 11.6 Å². The fraction of sp³-hybridized carbons (Fsp3) is 0.267. The van der Waals surface area contributed by atoms with E-state index in [0.717, 1.165) is 11.1 Å². The average molecular weight is 280 g/mol. The molecule has 0 bridgehead atoms. The smallest absolute Gasteiger partial charge is 0.145 e. The van der Waals surface area contributed by atoms with E-state index in [9.17, 15) is 9.50 Å². The minimum absolute atomic E-state index is 0.0679. The molecule has 1 heterocycles. The predicted molar refractivity (Wildman–Crippen MR) is 73.8 cm³/mol. The number of aryl methyl sites for hydroxylation is 2. The summed E-state index contributed by atoms with van der Waals surface area (Å²) in [6.45, 7) is 3.82. The highest BCUT2D eigenvalue weighted by atomic mass is 35.5. The van der Waals surface area contributed by atoms with Crippen LogP contribution in [0.2, 0.25) is 5.02 Å². The van der Waals surface area contributed by atoms with Crippen molar-refractivity contribution in [2.24, 2.45) is 0 Å². The van der Waals surface area contributed by atoms with Crippen LogP contribution in [-0.4, -0.2) is 10.1 Å². The molecule has 1 aromatic carbocycles. The second-order valence-electron chi connectivity index (χ2n) is 4.65. The van der Waals surface area contributed by atoms with Crippen LogP contribution in [0.25, 0.3) is 0 Å². The van der Waals surface area contributed by atoms with Crippen LogP contribution in [0.3, 0.4) is 0 Å². The molecular formula is C15H15ClFNO. The molecule has 0 fully saturated rings. The molecule has 1 aromatic heterocycles. The van der Waals surface area contributed by atoms with Crippen LogP contribution < -0.4 is 0 Å². The third kappa shape index (κ3) is 3.11. The zero-order valence-corrected chi connectivity index (χ0v) is 11.6. The monoisotopic (exact) mass is 279 g/mol. The number of pyridine rings is 1. The summed E-state index contributed by atoms with van der Waals surface area (Å²) in [5, 5.41) is 10.3. The van der Waals surface area contributed by atoms with Crippen LogP contribution in [-0.2, 0) is 6.42 Å². The maximum absolute atomic E-state index is 13.8. The van der Waals surface area contributed by atoms with Gasteiger partial charge in [0.25, 0.3) is 0 Å². The summed E-state index contributed by atoms with van der Waals surface area (Å²) in [6.07, 6.45) is 1.01. The molecule has 4 heteroatoms. The van der Waals surface area contributed by atoms with Crippen molar-refractivity contribution in [1.82, 2.24) is 4.98 Å². The molecule has 2 rings (SSSR count). The fourth-order valence-electron chi connectivity index (χ4n) is 2.09. The Balaban J connectivity index is 2.25. The van der Waals surface area contributed by atoms with Crippen molar-refractivity contribution >= 4 is 11.6 Å². The quantitative estimate of drug-likeness (QED) is 0.928. The minimum Gasteiger partial charge on any atom is -0.386 e. The molecule has 0 radical (unpaired) electrons. The van der Waals surface area contributed by atoms with Crippen LogP contribution >= 0.6 is 11.6 Å². The third-order valence-corrected chi connectivity index (χ3v) is 3.31. The van der Waals surface area contributed by atoms with Crippen molar-refractivity contribution < 1.29 is 9.50 Å². The molecule has 19 heavy (non-hydrogen) atoms. The van der Waals surface area contributed by atoms with Gasteiger partial charge in [-0.3, -0.25) is 4.98 Å². The van der Waals surface area contributed by atoms with Gasteiger partial charge in [-0.2, -0.15) is 0 Å². The molecule has 2 nitrogen and oxygen atoms in total. The number of aliphatic hydroxyl groups is 1. The van der Waals surface area contributed by atoms with Crippen molar-refractivity contribution in [1.29, 1.82) is 0 Å². The Hall–Kier alpha value is -1.45. The molecule has 0 saturated heterocycles. The maximum Gasteiger partial charge on any atom is 0.145 e. The van der Waals surface area contributed by atoms with E-state index in [1.807, 2.05) is 19.9 Å². The fourth-order valence-corrected chi connectivity index (χ4v) is 2.28. The number of nitrogens with zero attached hydrogens (tertiary/aromatic N) is 1.